The largest absolute Gasteiger partial charge is 0.494 e. The average molecular weight is 321 g/mol. The predicted molar refractivity (Wildman–Crippen MR) is 84.5 cm³/mol. The molecule has 126 valence electrons. The van der Waals surface area contributed by atoms with Crippen molar-refractivity contribution in [3.05, 3.63) is 29.8 Å². The van der Waals surface area contributed by atoms with Gasteiger partial charge in [0.2, 0.25) is 5.91 Å². The first kappa shape index (κ1) is 17.3. The van der Waals surface area contributed by atoms with Gasteiger partial charge < -0.3 is 19.5 Å². The summed E-state index contributed by atoms with van der Waals surface area (Å²) in [6.07, 6.45) is 0.549. The second kappa shape index (κ2) is 8.53. The average Bonchev–Trinajstić information content (AvgIpc) is 2.51. The number of rotatable bonds is 7. The first-order chi connectivity index (χ1) is 11.0. The number of aryl methyl sites for hydroxylation is 1. The van der Waals surface area contributed by atoms with Crippen molar-refractivity contribution < 1.29 is 24.2 Å². The monoisotopic (exact) mass is 321 g/mol. The molecule has 1 fully saturated rings. The molecule has 0 aromatic heterocycles. The molecule has 0 bridgehead atoms. The SMILES string of the molecule is Cc1cccc(OCCCC(=O)N2CCO[C@@H](CC(=O)O)C2)c1. The van der Waals surface area contributed by atoms with Gasteiger partial charge >= 0.3 is 5.97 Å². The Morgan fingerprint density at radius 2 is 2.26 bits per heavy atom. The second-order valence-electron chi connectivity index (χ2n) is 5.70. The van der Waals surface area contributed by atoms with Gasteiger partial charge in [-0.3, -0.25) is 9.59 Å². The molecule has 0 saturated carbocycles. The highest BCUT2D eigenvalue weighted by molar-refractivity contribution is 5.76. The first-order valence-corrected chi connectivity index (χ1v) is 7.85. The summed E-state index contributed by atoms with van der Waals surface area (Å²) >= 11 is 0. The molecule has 1 N–H and O–H groups in total. The number of aliphatic carboxylic acids is 1. The molecule has 1 aromatic carbocycles. The van der Waals surface area contributed by atoms with E-state index < -0.39 is 12.1 Å². The van der Waals surface area contributed by atoms with Crippen LogP contribution in [0, 0.1) is 6.92 Å². The molecule has 1 saturated heterocycles. The van der Waals surface area contributed by atoms with Crippen LogP contribution in [0.5, 0.6) is 5.75 Å². The quantitative estimate of drug-likeness (QED) is 0.776. The zero-order valence-electron chi connectivity index (χ0n) is 13.4. The Hall–Kier alpha value is -2.08. The molecule has 0 radical (unpaired) electrons. The van der Waals surface area contributed by atoms with Crippen LogP contribution in [-0.4, -0.2) is 54.3 Å². The lowest BCUT2D eigenvalue weighted by atomic mass is 10.2. The minimum Gasteiger partial charge on any atom is -0.494 e. The van der Waals surface area contributed by atoms with Crippen LogP contribution >= 0.6 is 0 Å². The molecule has 0 unspecified atom stereocenters. The Bertz CT molecular complexity index is 546. The Balaban J connectivity index is 1.69. The van der Waals surface area contributed by atoms with Gasteiger partial charge in [0, 0.05) is 19.5 Å². The van der Waals surface area contributed by atoms with E-state index in [4.69, 9.17) is 14.6 Å². The van der Waals surface area contributed by atoms with Crippen molar-refractivity contribution >= 4 is 11.9 Å². The van der Waals surface area contributed by atoms with Crippen molar-refractivity contribution in [1.82, 2.24) is 4.90 Å². The van der Waals surface area contributed by atoms with Crippen LogP contribution in [0.25, 0.3) is 0 Å². The van der Waals surface area contributed by atoms with Crippen molar-refractivity contribution in [2.24, 2.45) is 0 Å². The standard InChI is InChI=1S/C17H23NO5/c1-13-4-2-5-14(10-13)22-8-3-6-16(19)18-7-9-23-15(12-18)11-17(20)21/h2,4-5,10,15H,3,6-9,11-12H2,1H3,(H,20,21)/t15-/m0/s1. The van der Waals surface area contributed by atoms with E-state index in [1.165, 1.54) is 0 Å². The van der Waals surface area contributed by atoms with E-state index in [-0.39, 0.29) is 12.3 Å². The van der Waals surface area contributed by atoms with E-state index in [1.54, 1.807) is 4.90 Å². The molecule has 2 rings (SSSR count). The summed E-state index contributed by atoms with van der Waals surface area (Å²) in [5.74, 6) is -0.0715. The fraction of sp³-hybridized carbons (Fsp3) is 0.529. The van der Waals surface area contributed by atoms with Crippen LogP contribution in [0.15, 0.2) is 24.3 Å². The molecule has 1 atom stereocenters. The zero-order valence-corrected chi connectivity index (χ0v) is 13.4. The first-order valence-electron chi connectivity index (χ1n) is 7.85. The number of amides is 1. The van der Waals surface area contributed by atoms with E-state index in [1.807, 2.05) is 31.2 Å². The predicted octanol–water partition coefficient (Wildman–Crippen LogP) is 1.86. The molecule has 1 aliphatic heterocycles. The van der Waals surface area contributed by atoms with Crippen molar-refractivity contribution in [2.75, 3.05) is 26.3 Å². The van der Waals surface area contributed by atoms with Crippen molar-refractivity contribution in [1.29, 1.82) is 0 Å². The number of hydrogen-bond acceptors (Lipinski definition) is 4. The van der Waals surface area contributed by atoms with Crippen molar-refractivity contribution in [2.45, 2.75) is 32.3 Å². The van der Waals surface area contributed by atoms with Gasteiger partial charge in [0.1, 0.15) is 5.75 Å². The van der Waals surface area contributed by atoms with Crippen LogP contribution in [0.4, 0.5) is 0 Å². The fourth-order valence-electron chi connectivity index (χ4n) is 2.54. The molecule has 1 aromatic rings. The molecular formula is C17H23NO5. The number of carbonyl (C=O) groups excluding carboxylic acids is 1. The molecule has 6 heteroatoms. The van der Waals surface area contributed by atoms with E-state index in [9.17, 15) is 9.59 Å². The number of carbonyl (C=O) groups is 2. The number of carboxylic acids is 1. The Labute approximate surface area is 136 Å². The number of carboxylic acid groups (broad SMARTS) is 1. The third kappa shape index (κ3) is 5.90. The molecule has 23 heavy (non-hydrogen) atoms. The van der Waals surface area contributed by atoms with Crippen LogP contribution in [0.2, 0.25) is 0 Å². The number of nitrogens with zero attached hydrogens (tertiary/aromatic N) is 1. The fourth-order valence-corrected chi connectivity index (χ4v) is 2.54. The normalized spacial score (nSPS) is 17.8. The lowest BCUT2D eigenvalue weighted by molar-refractivity contribution is -0.147. The summed E-state index contributed by atoms with van der Waals surface area (Å²) in [5, 5.41) is 8.79. The van der Waals surface area contributed by atoms with Gasteiger partial charge in [-0.25, -0.2) is 0 Å². The lowest BCUT2D eigenvalue weighted by Crippen LogP contribution is -2.46. The smallest absolute Gasteiger partial charge is 0.306 e. The molecule has 1 heterocycles. The molecule has 6 nitrogen and oxygen atoms in total. The Kier molecular flexibility index (Phi) is 6.40. The third-order valence-corrected chi connectivity index (χ3v) is 3.69. The van der Waals surface area contributed by atoms with Crippen LogP contribution in [0.1, 0.15) is 24.8 Å². The molecule has 1 aliphatic rings. The van der Waals surface area contributed by atoms with Gasteiger partial charge in [-0.2, -0.15) is 0 Å². The summed E-state index contributed by atoms with van der Waals surface area (Å²) in [7, 11) is 0. The Morgan fingerprint density at radius 3 is 3.00 bits per heavy atom. The van der Waals surface area contributed by atoms with Crippen molar-refractivity contribution in [3.63, 3.8) is 0 Å². The topological polar surface area (TPSA) is 76.1 Å². The van der Waals surface area contributed by atoms with Gasteiger partial charge in [-0.15, -0.1) is 0 Å². The maximum Gasteiger partial charge on any atom is 0.306 e. The summed E-state index contributed by atoms with van der Waals surface area (Å²) < 4.78 is 11.0. The number of benzene rings is 1. The number of hydrogen-bond donors (Lipinski definition) is 1. The van der Waals surface area contributed by atoms with Crippen LogP contribution in [-0.2, 0) is 14.3 Å². The number of ether oxygens (including phenoxy) is 2. The highest BCUT2D eigenvalue weighted by atomic mass is 16.5. The van der Waals surface area contributed by atoms with Crippen LogP contribution in [0.3, 0.4) is 0 Å². The Morgan fingerprint density at radius 1 is 1.43 bits per heavy atom. The van der Waals surface area contributed by atoms with Gasteiger partial charge in [-0.1, -0.05) is 12.1 Å². The molecule has 1 amide bonds. The summed E-state index contributed by atoms with van der Waals surface area (Å²) in [5.41, 5.74) is 1.14. The third-order valence-electron chi connectivity index (χ3n) is 3.69. The van der Waals surface area contributed by atoms with Gasteiger partial charge in [-0.05, 0) is 31.0 Å². The molecule has 0 aliphatic carbocycles. The van der Waals surface area contributed by atoms with Crippen LogP contribution < -0.4 is 4.74 Å². The van der Waals surface area contributed by atoms with Gasteiger partial charge in [0.15, 0.2) is 0 Å². The van der Waals surface area contributed by atoms with E-state index in [2.05, 4.69) is 0 Å². The molecular weight excluding hydrogens is 298 g/mol. The minimum absolute atomic E-state index is 0.0246. The summed E-state index contributed by atoms with van der Waals surface area (Å²) in [6, 6.07) is 7.79. The summed E-state index contributed by atoms with van der Waals surface area (Å²) in [4.78, 5) is 24.6. The zero-order chi connectivity index (χ0) is 16.7. The van der Waals surface area contributed by atoms with E-state index in [0.717, 1.165) is 11.3 Å². The van der Waals surface area contributed by atoms with Crippen molar-refractivity contribution in [3.8, 4) is 5.75 Å². The second-order valence-corrected chi connectivity index (χ2v) is 5.70. The highest BCUT2D eigenvalue weighted by Crippen LogP contribution is 2.14. The van der Waals surface area contributed by atoms with E-state index >= 15 is 0 Å². The summed E-state index contributed by atoms with van der Waals surface area (Å²) in [6.45, 7) is 3.75. The maximum atomic E-state index is 12.2. The molecule has 0 spiro atoms. The van der Waals surface area contributed by atoms with Gasteiger partial charge in [0.25, 0.3) is 0 Å². The minimum atomic E-state index is -0.907. The van der Waals surface area contributed by atoms with E-state index in [0.29, 0.717) is 39.1 Å². The highest BCUT2D eigenvalue weighted by Gasteiger charge is 2.25. The lowest BCUT2D eigenvalue weighted by Gasteiger charge is -2.32. The van der Waals surface area contributed by atoms with Gasteiger partial charge in [0.05, 0.1) is 25.7 Å². The number of morpholine rings is 1. The maximum absolute atomic E-state index is 12.2.